The molecule has 0 saturated carbocycles. The zero-order valence-electron chi connectivity index (χ0n) is 10.8. The summed E-state index contributed by atoms with van der Waals surface area (Å²) in [6, 6.07) is 5.68. The molecule has 0 spiro atoms. The van der Waals surface area contributed by atoms with Crippen molar-refractivity contribution in [2.75, 3.05) is 24.8 Å². The van der Waals surface area contributed by atoms with Gasteiger partial charge in [-0.05, 0) is 37.1 Å². The first-order chi connectivity index (χ1) is 8.43. The van der Waals surface area contributed by atoms with Gasteiger partial charge in [0.2, 0.25) is 11.8 Å². The number of likely N-dealkylation sites (N-methyl/N-ethyl adjacent to an activating group) is 1. The summed E-state index contributed by atoms with van der Waals surface area (Å²) in [7, 11) is 1.55. The number of alkyl halides is 1. The number of hydrogen-bond acceptors (Lipinski definition) is 2. The van der Waals surface area contributed by atoms with Gasteiger partial charge in [-0.25, -0.2) is 0 Å². The molecule has 0 radical (unpaired) electrons. The zero-order chi connectivity index (χ0) is 13.7. The molecule has 1 N–H and O–H groups in total. The lowest BCUT2D eigenvalue weighted by molar-refractivity contribution is -0.131. The minimum absolute atomic E-state index is 0.00151. The molecule has 0 aliphatic carbocycles. The van der Waals surface area contributed by atoms with Crippen molar-refractivity contribution >= 4 is 29.1 Å². The third-order valence-corrected chi connectivity index (χ3v) is 2.94. The zero-order valence-corrected chi connectivity index (χ0v) is 11.5. The van der Waals surface area contributed by atoms with Crippen molar-refractivity contribution in [2.45, 2.75) is 13.8 Å². The summed E-state index contributed by atoms with van der Waals surface area (Å²) >= 11 is 5.41. The Bertz CT molecular complexity index is 460. The van der Waals surface area contributed by atoms with E-state index in [1.807, 2.05) is 32.0 Å². The van der Waals surface area contributed by atoms with Crippen LogP contribution in [0, 0.1) is 13.8 Å². The number of hydrogen-bond donors (Lipinski definition) is 1. The van der Waals surface area contributed by atoms with Gasteiger partial charge in [0.15, 0.2) is 0 Å². The molecule has 0 aliphatic rings. The Morgan fingerprint density at radius 1 is 1.28 bits per heavy atom. The van der Waals surface area contributed by atoms with Gasteiger partial charge in [-0.3, -0.25) is 9.59 Å². The average molecular weight is 269 g/mol. The van der Waals surface area contributed by atoms with Gasteiger partial charge in [0.25, 0.3) is 0 Å². The number of carbonyl (C=O) groups is 2. The van der Waals surface area contributed by atoms with Crippen molar-refractivity contribution in [1.29, 1.82) is 0 Å². The molecule has 1 rings (SSSR count). The smallest absolute Gasteiger partial charge is 0.243 e. The molecule has 4 nitrogen and oxygen atoms in total. The van der Waals surface area contributed by atoms with Gasteiger partial charge in [0.1, 0.15) is 5.88 Å². The minimum Gasteiger partial charge on any atom is -0.335 e. The van der Waals surface area contributed by atoms with Crippen molar-refractivity contribution in [1.82, 2.24) is 4.90 Å². The van der Waals surface area contributed by atoms with E-state index < -0.39 is 0 Å². The van der Waals surface area contributed by atoms with Crippen molar-refractivity contribution in [3.8, 4) is 0 Å². The highest BCUT2D eigenvalue weighted by molar-refractivity contribution is 6.27. The number of rotatable bonds is 4. The first-order valence-corrected chi connectivity index (χ1v) is 6.14. The fourth-order valence-electron chi connectivity index (χ4n) is 1.43. The molecule has 0 heterocycles. The summed E-state index contributed by atoms with van der Waals surface area (Å²) in [5.41, 5.74) is 3.01. The van der Waals surface area contributed by atoms with Gasteiger partial charge in [-0.15, -0.1) is 11.6 Å². The van der Waals surface area contributed by atoms with Crippen LogP contribution in [0.4, 0.5) is 5.69 Å². The molecule has 0 aliphatic heterocycles. The Hall–Kier alpha value is -1.55. The molecule has 0 unspecified atom stereocenters. The van der Waals surface area contributed by atoms with Crippen LogP contribution in [0.15, 0.2) is 18.2 Å². The van der Waals surface area contributed by atoms with Crippen LogP contribution in [0.25, 0.3) is 0 Å². The van der Waals surface area contributed by atoms with E-state index >= 15 is 0 Å². The summed E-state index contributed by atoms with van der Waals surface area (Å²) in [6.45, 7) is 3.99. The molecular weight excluding hydrogens is 252 g/mol. The summed E-state index contributed by atoms with van der Waals surface area (Å²) in [4.78, 5) is 24.2. The van der Waals surface area contributed by atoms with Crippen LogP contribution >= 0.6 is 11.6 Å². The van der Waals surface area contributed by atoms with Gasteiger partial charge in [-0.1, -0.05) is 6.07 Å². The second-order valence-electron chi connectivity index (χ2n) is 4.23. The van der Waals surface area contributed by atoms with Crippen LogP contribution in [0.5, 0.6) is 0 Å². The van der Waals surface area contributed by atoms with Crippen LogP contribution in [-0.4, -0.2) is 36.2 Å². The van der Waals surface area contributed by atoms with E-state index in [-0.39, 0.29) is 24.2 Å². The molecule has 98 valence electrons. The molecule has 1 aromatic rings. The maximum atomic E-state index is 11.7. The van der Waals surface area contributed by atoms with Crippen molar-refractivity contribution < 1.29 is 9.59 Å². The standard InChI is InChI=1S/C13H17ClN2O2/c1-9-4-5-11(6-10(9)2)15-12(17)8-16(3)13(18)7-14/h4-6H,7-8H2,1-3H3,(H,15,17). The van der Waals surface area contributed by atoms with Crippen LogP contribution in [0.3, 0.4) is 0 Å². The molecule has 0 aromatic heterocycles. The Labute approximate surface area is 112 Å². The Morgan fingerprint density at radius 3 is 2.50 bits per heavy atom. The predicted molar refractivity (Wildman–Crippen MR) is 72.9 cm³/mol. The number of aryl methyl sites for hydroxylation is 2. The summed E-state index contributed by atoms with van der Waals surface area (Å²) in [5.74, 6) is -0.626. The fourth-order valence-corrected chi connectivity index (χ4v) is 1.63. The highest BCUT2D eigenvalue weighted by Gasteiger charge is 2.11. The maximum Gasteiger partial charge on any atom is 0.243 e. The molecular formula is C13H17ClN2O2. The number of amides is 2. The summed E-state index contributed by atoms with van der Waals surface area (Å²) in [6.07, 6.45) is 0. The number of benzene rings is 1. The summed E-state index contributed by atoms with van der Waals surface area (Å²) < 4.78 is 0. The number of nitrogens with zero attached hydrogens (tertiary/aromatic N) is 1. The van der Waals surface area contributed by atoms with Gasteiger partial charge in [-0.2, -0.15) is 0 Å². The van der Waals surface area contributed by atoms with Crippen LogP contribution in [0.2, 0.25) is 0 Å². The topological polar surface area (TPSA) is 49.4 Å². The maximum absolute atomic E-state index is 11.7. The number of carbonyl (C=O) groups excluding carboxylic acids is 2. The molecule has 0 bridgehead atoms. The van der Waals surface area contributed by atoms with E-state index in [4.69, 9.17) is 11.6 Å². The predicted octanol–water partition coefficient (Wildman–Crippen LogP) is 1.94. The van der Waals surface area contributed by atoms with E-state index in [0.717, 1.165) is 11.3 Å². The second kappa shape index (κ2) is 6.40. The Balaban J connectivity index is 2.59. The van der Waals surface area contributed by atoms with Crippen LogP contribution in [0.1, 0.15) is 11.1 Å². The average Bonchev–Trinajstić information content (AvgIpc) is 2.32. The Kier molecular flexibility index (Phi) is 5.16. The fraction of sp³-hybridized carbons (Fsp3) is 0.385. The molecule has 1 aromatic carbocycles. The lowest BCUT2D eigenvalue weighted by Crippen LogP contribution is -2.35. The third kappa shape index (κ3) is 4.04. The number of nitrogens with one attached hydrogen (secondary N) is 1. The monoisotopic (exact) mass is 268 g/mol. The van der Waals surface area contributed by atoms with Gasteiger partial charge >= 0.3 is 0 Å². The van der Waals surface area contributed by atoms with E-state index in [1.165, 1.54) is 10.5 Å². The SMILES string of the molecule is Cc1ccc(NC(=O)CN(C)C(=O)CCl)cc1C. The summed E-state index contributed by atoms with van der Waals surface area (Å²) in [5, 5.41) is 2.74. The van der Waals surface area contributed by atoms with E-state index in [9.17, 15) is 9.59 Å². The van der Waals surface area contributed by atoms with Gasteiger partial charge < -0.3 is 10.2 Å². The quantitative estimate of drug-likeness (QED) is 0.849. The number of anilines is 1. The molecule has 0 atom stereocenters. The molecule has 0 saturated heterocycles. The van der Waals surface area contributed by atoms with E-state index in [2.05, 4.69) is 5.32 Å². The first kappa shape index (κ1) is 14.5. The van der Waals surface area contributed by atoms with E-state index in [0.29, 0.717) is 0 Å². The van der Waals surface area contributed by atoms with Crippen LogP contribution < -0.4 is 5.32 Å². The van der Waals surface area contributed by atoms with E-state index in [1.54, 1.807) is 7.05 Å². The van der Waals surface area contributed by atoms with Crippen molar-refractivity contribution in [3.63, 3.8) is 0 Å². The van der Waals surface area contributed by atoms with Crippen molar-refractivity contribution in [2.24, 2.45) is 0 Å². The minimum atomic E-state index is -0.271. The lowest BCUT2D eigenvalue weighted by atomic mass is 10.1. The van der Waals surface area contributed by atoms with Crippen molar-refractivity contribution in [3.05, 3.63) is 29.3 Å². The lowest BCUT2D eigenvalue weighted by Gasteiger charge is -2.15. The highest BCUT2D eigenvalue weighted by atomic mass is 35.5. The third-order valence-electron chi connectivity index (χ3n) is 2.71. The molecule has 18 heavy (non-hydrogen) atoms. The number of halogens is 1. The first-order valence-electron chi connectivity index (χ1n) is 5.61. The van der Waals surface area contributed by atoms with Gasteiger partial charge in [0.05, 0.1) is 6.54 Å². The van der Waals surface area contributed by atoms with Crippen LogP contribution in [-0.2, 0) is 9.59 Å². The highest BCUT2D eigenvalue weighted by Crippen LogP contribution is 2.13. The molecule has 5 heteroatoms. The largest absolute Gasteiger partial charge is 0.335 e. The van der Waals surface area contributed by atoms with Gasteiger partial charge in [0, 0.05) is 12.7 Å². The normalized spacial score (nSPS) is 10.0. The molecule has 2 amide bonds. The Morgan fingerprint density at radius 2 is 1.94 bits per heavy atom. The molecule has 0 fully saturated rings. The second-order valence-corrected chi connectivity index (χ2v) is 4.50.